The second-order valence-corrected chi connectivity index (χ2v) is 6.63. The maximum Gasteiger partial charge on any atom is 0.337 e. The van der Waals surface area contributed by atoms with Gasteiger partial charge in [-0.15, -0.1) is 0 Å². The Morgan fingerprint density at radius 2 is 1.96 bits per heavy atom. The molecule has 0 spiro atoms. The molecule has 0 saturated heterocycles. The second-order valence-electron chi connectivity index (χ2n) is 6.63. The fraction of sp³-hybridized carbons (Fsp3) is 0.300. The molecule has 2 aromatic rings. The lowest BCUT2D eigenvalue weighted by Gasteiger charge is -2.31. The number of Topliss-reactive ketones (excluding diaryl/α,β-unsaturated/α-hetero) is 1. The van der Waals surface area contributed by atoms with E-state index in [-0.39, 0.29) is 17.2 Å². The molecule has 0 radical (unpaired) electrons. The Hall–Kier alpha value is -3.22. The monoisotopic (exact) mass is 366 g/mol. The van der Waals surface area contributed by atoms with Crippen molar-refractivity contribution >= 4 is 11.8 Å². The van der Waals surface area contributed by atoms with E-state index in [4.69, 9.17) is 9.47 Å². The van der Waals surface area contributed by atoms with Crippen molar-refractivity contribution in [3.8, 4) is 5.88 Å². The lowest BCUT2D eigenvalue weighted by Crippen LogP contribution is -2.31. The predicted octanol–water partition coefficient (Wildman–Crippen LogP) is 2.40. The fourth-order valence-corrected chi connectivity index (χ4v) is 3.69. The van der Waals surface area contributed by atoms with Gasteiger partial charge >= 0.3 is 5.97 Å². The molecule has 2 aliphatic rings. The maximum atomic E-state index is 12.7. The molecule has 1 aliphatic heterocycles. The molecule has 1 aromatic carbocycles. The topological polar surface area (TPSA) is 98.3 Å². The minimum Gasteiger partial charge on any atom is -0.465 e. The summed E-state index contributed by atoms with van der Waals surface area (Å²) in [5, 5.41) is 0. The number of benzene rings is 1. The molecular weight excluding hydrogens is 348 g/mol. The molecule has 0 amide bonds. The van der Waals surface area contributed by atoms with Gasteiger partial charge in [0.15, 0.2) is 5.78 Å². The van der Waals surface area contributed by atoms with Crippen molar-refractivity contribution in [3.63, 3.8) is 0 Å². The molecule has 1 N–H and O–H groups in total. The Kier molecular flexibility index (Phi) is 4.14. The van der Waals surface area contributed by atoms with Gasteiger partial charge in [-0.05, 0) is 31.0 Å². The summed E-state index contributed by atoms with van der Waals surface area (Å²) >= 11 is 0. The van der Waals surface area contributed by atoms with Gasteiger partial charge in [0.1, 0.15) is 11.6 Å². The quantitative estimate of drug-likeness (QED) is 0.820. The summed E-state index contributed by atoms with van der Waals surface area (Å²) in [6.45, 7) is 1.68. The molecule has 0 bridgehead atoms. The SMILES string of the molecule is COC(=O)c1ccc(C2C3=C(CCCC3=O)Oc3nc(C)[nH]c(=O)c32)cc1. The predicted molar refractivity (Wildman–Crippen MR) is 95.7 cm³/mol. The number of aryl methyl sites for hydroxylation is 1. The fourth-order valence-electron chi connectivity index (χ4n) is 3.69. The van der Waals surface area contributed by atoms with E-state index in [1.807, 2.05) is 0 Å². The van der Waals surface area contributed by atoms with Crippen LogP contribution in [-0.4, -0.2) is 28.8 Å². The number of carbonyl (C=O) groups excluding carboxylic acids is 2. The van der Waals surface area contributed by atoms with Gasteiger partial charge in [0.05, 0.1) is 24.2 Å². The van der Waals surface area contributed by atoms with Gasteiger partial charge in [-0.25, -0.2) is 4.79 Å². The summed E-state index contributed by atoms with van der Waals surface area (Å²) in [4.78, 5) is 44.1. The first kappa shape index (κ1) is 17.2. The highest BCUT2D eigenvalue weighted by Gasteiger charge is 2.39. The van der Waals surface area contributed by atoms with Crippen LogP contribution in [0, 0.1) is 6.92 Å². The second kappa shape index (κ2) is 6.50. The summed E-state index contributed by atoms with van der Waals surface area (Å²) in [5.41, 5.74) is 1.63. The average molecular weight is 366 g/mol. The van der Waals surface area contributed by atoms with E-state index in [2.05, 4.69) is 9.97 Å². The van der Waals surface area contributed by atoms with Crippen LogP contribution in [-0.2, 0) is 9.53 Å². The van der Waals surface area contributed by atoms with Crippen molar-refractivity contribution in [1.29, 1.82) is 0 Å². The lowest BCUT2D eigenvalue weighted by molar-refractivity contribution is -0.116. The highest BCUT2D eigenvalue weighted by Crippen LogP contribution is 2.44. The van der Waals surface area contributed by atoms with Gasteiger partial charge in [-0.2, -0.15) is 4.98 Å². The van der Waals surface area contributed by atoms with Crippen LogP contribution >= 0.6 is 0 Å². The number of carbonyl (C=O) groups is 2. The Morgan fingerprint density at radius 3 is 2.67 bits per heavy atom. The van der Waals surface area contributed by atoms with Crippen molar-refractivity contribution < 1.29 is 19.1 Å². The number of aromatic amines is 1. The Bertz CT molecular complexity index is 1030. The number of fused-ring (bicyclic) bond motifs is 1. The molecule has 0 fully saturated rings. The van der Waals surface area contributed by atoms with Crippen molar-refractivity contribution in [3.05, 3.63) is 68.5 Å². The number of ketones is 1. The number of aromatic nitrogens is 2. The van der Waals surface area contributed by atoms with Gasteiger partial charge < -0.3 is 14.5 Å². The number of esters is 1. The molecule has 1 aliphatic carbocycles. The third-order valence-electron chi connectivity index (χ3n) is 4.91. The highest BCUT2D eigenvalue weighted by molar-refractivity contribution is 5.99. The molecular formula is C20H18N2O5. The Morgan fingerprint density at radius 1 is 1.22 bits per heavy atom. The molecule has 1 unspecified atom stereocenters. The highest BCUT2D eigenvalue weighted by atomic mass is 16.5. The van der Waals surface area contributed by atoms with Crippen LogP contribution in [0.3, 0.4) is 0 Å². The van der Waals surface area contributed by atoms with Crippen molar-refractivity contribution in [2.45, 2.75) is 32.1 Å². The van der Waals surface area contributed by atoms with Crippen LogP contribution in [0.2, 0.25) is 0 Å². The van der Waals surface area contributed by atoms with Gasteiger partial charge in [0.2, 0.25) is 5.88 Å². The molecule has 2 heterocycles. The molecule has 138 valence electrons. The molecule has 1 aromatic heterocycles. The lowest BCUT2D eigenvalue weighted by atomic mass is 9.78. The number of methoxy groups -OCH3 is 1. The molecule has 7 heteroatoms. The molecule has 1 atom stereocenters. The Balaban J connectivity index is 1.91. The van der Waals surface area contributed by atoms with Crippen LogP contribution in [0.15, 0.2) is 40.4 Å². The maximum absolute atomic E-state index is 12.7. The number of allylic oxidation sites excluding steroid dienone is 2. The first-order chi connectivity index (χ1) is 13.0. The molecule has 7 nitrogen and oxygen atoms in total. The number of hydrogen-bond donors (Lipinski definition) is 1. The van der Waals surface area contributed by atoms with Crippen molar-refractivity contribution in [2.24, 2.45) is 0 Å². The van der Waals surface area contributed by atoms with Crippen LogP contribution in [0.5, 0.6) is 5.88 Å². The van der Waals surface area contributed by atoms with Gasteiger partial charge in [-0.1, -0.05) is 12.1 Å². The van der Waals surface area contributed by atoms with Crippen LogP contribution in [0.4, 0.5) is 0 Å². The van der Waals surface area contributed by atoms with E-state index in [1.165, 1.54) is 7.11 Å². The zero-order chi connectivity index (χ0) is 19.1. The minimum absolute atomic E-state index is 0.0241. The number of nitrogens with one attached hydrogen (secondary N) is 1. The minimum atomic E-state index is -0.569. The van der Waals surface area contributed by atoms with E-state index < -0.39 is 11.9 Å². The average Bonchev–Trinajstić information content (AvgIpc) is 2.66. The van der Waals surface area contributed by atoms with E-state index >= 15 is 0 Å². The summed E-state index contributed by atoms with van der Waals surface area (Å²) < 4.78 is 10.6. The first-order valence-electron chi connectivity index (χ1n) is 8.72. The summed E-state index contributed by atoms with van der Waals surface area (Å²) in [5.74, 6) is 0.233. The third kappa shape index (κ3) is 2.85. The summed E-state index contributed by atoms with van der Waals surface area (Å²) in [6, 6.07) is 6.72. The van der Waals surface area contributed by atoms with E-state index in [1.54, 1.807) is 31.2 Å². The number of rotatable bonds is 2. The molecule has 27 heavy (non-hydrogen) atoms. The van der Waals surface area contributed by atoms with Crippen molar-refractivity contribution in [2.75, 3.05) is 7.11 Å². The number of H-pyrrole nitrogens is 1. The third-order valence-corrected chi connectivity index (χ3v) is 4.91. The summed E-state index contributed by atoms with van der Waals surface area (Å²) in [7, 11) is 1.32. The van der Waals surface area contributed by atoms with E-state index in [0.717, 1.165) is 5.56 Å². The molecule has 0 saturated carbocycles. The Labute approximate surface area is 155 Å². The van der Waals surface area contributed by atoms with Crippen molar-refractivity contribution in [1.82, 2.24) is 9.97 Å². The van der Waals surface area contributed by atoms with Crippen LogP contribution in [0.1, 0.15) is 52.5 Å². The van der Waals surface area contributed by atoms with Crippen LogP contribution < -0.4 is 10.3 Å². The van der Waals surface area contributed by atoms with Gasteiger partial charge in [0, 0.05) is 18.4 Å². The van der Waals surface area contributed by atoms with Gasteiger partial charge in [-0.3, -0.25) is 9.59 Å². The smallest absolute Gasteiger partial charge is 0.337 e. The summed E-state index contributed by atoms with van der Waals surface area (Å²) in [6.07, 6.45) is 1.76. The number of hydrogen-bond acceptors (Lipinski definition) is 6. The largest absolute Gasteiger partial charge is 0.465 e. The molecule has 4 rings (SSSR count). The van der Waals surface area contributed by atoms with Crippen LogP contribution in [0.25, 0.3) is 0 Å². The van der Waals surface area contributed by atoms with Gasteiger partial charge in [0.25, 0.3) is 5.56 Å². The first-order valence-corrected chi connectivity index (χ1v) is 8.72. The zero-order valence-electron chi connectivity index (χ0n) is 15.0. The normalized spacial score (nSPS) is 18.4. The van der Waals surface area contributed by atoms with E-state index in [0.29, 0.717) is 47.5 Å². The number of ether oxygens (including phenoxy) is 2. The zero-order valence-corrected chi connectivity index (χ0v) is 15.0. The van der Waals surface area contributed by atoms with E-state index in [9.17, 15) is 14.4 Å². The standard InChI is InChI=1S/C20H18N2O5/c1-10-21-18(24)17-15(11-6-8-12(9-7-11)20(25)26-2)16-13(23)4-3-5-14(16)27-19(17)22-10/h6-9,15H,3-5H2,1-2H3,(H,21,22,24). The number of nitrogens with zero attached hydrogens (tertiary/aromatic N) is 1.